The first-order valence-corrected chi connectivity index (χ1v) is 9.06. The Bertz CT molecular complexity index is 603. The van der Waals surface area contributed by atoms with Gasteiger partial charge in [-0.15, -0.1) is 0 Å². The molecule has 0 bridgehead atoms. The zero-order valence-corrected chi connectivity index (χ0v) is 17.1. The summed E-state index contributed by atoms with van der Waals surface area (Å²) >= 11 is 12.2. The van der Waals surface area contributed by atoms with Crippen LogP contribution in [0.25, 0.3) is 0 Å². The van der Waals surface area contributed by atoms with Crippen LogP contribution in [0.15, 0.2) is 12.1 Å². The molecular formula is C18H27Cl2FN2O2. The molecule has 0 fully saturated rings. The van der Waals surface area contributed by atoms with Crippen LogP contribution in [0, 0.1) is 5.82 Å². The number of nitrogens with one attached hydrogen (secondary N) is 1. The van der Waals surface area contributed by atoms with Crippen molar-refractivity contribution < 1.29 is 13.9 Å². The molecule has 0 radical (unpaired) electrons. The van der Waals surface area contributed by atoms with Crippen LogP contribution in [-0.4, -0.2) is 35.7 Å². The highest BCUT2D eigenvalue weighted by atomic mass is 35.5. The van der Waals surface area contributed by atoms with Crippen LogP contribution in [0.2, 0.25) is 10.0 Å². The standard InChI is InChI=1S/C18H27Cl2FN2O2/c1-11(2)23(17(24)25-18(4,5)6)10-9-22-12(3)15-13(19)7-8-14(21)16(15)20/h7-8,11-12,22H,9-10H2,1-6H3. The van der Waals surface area contributed by atoms with Crippen LogP contribution in [0.3, 0.4) is 0 Å². The molecule has 1 atom stereocenters. The molecule has 1 N–H and O–H groups in total. The maximum atomic E-state index is 13.7. The molecule has 0 heterocycles. The van der Waals surface area contributed by atoms with Gasteiger partial charge in [-0.1, -0.05) is 23.2 Å². The van der Waals surface area contributed by atoms with Crippen molar-refractivity contribution in [3.8, 4) is 0 Å². The molecule has 1 unspecified atom stereocenters. The van der Waals surface area contributed by atoms with Gasteiger partial charge in [0.25, 0.3) is 0 Å². The summed E-state index contributed by atoms with van der Waals surface area (Å²) in [6.07, 6.45) is -0.362. The van der Waals surface area contributed by atoms with Crippen molar-refractivity contribution in [3.63, 3.8) is 0 Å². The van der Waals surface area contributed by atoms with Gasteiger partial charge in [0.05, 0.1) is 5.02 Å². The predicted molar refractivity (Wildman–Crippen MR) is 101 cm³/mol. The number of carbonyl (C=O) groups is 1. The average molecular weight is 393 g/mol. The van der Waals surface area contributed by atoms with Crippen LogP contribution in [0.4, 0.5) is 9.18 Å². The first kappa shape index (κ1) is 22.0. The Morgan fingerprint density at radius 3 is 2.40 bits per heavy atom. The molecule has 7 heteroatoms. The lowest BCUT2D eigenvalue weighted by Crippen LogP contribution is -2.44. The lowest BCUT2D eigenvalue weighted by molar-refractivity contribution is 0.0192. The third kappa shape index (κ3) is 6.65. The van der Waals surface area contributed by atoms with E-state index < -0.39 is 11.4 Å². The highest BCUT2D eigenvalue weighted by Gasteiger charge is 2.24. The summed E-state index contributed by atoms with van der Waals surface area (Å²) in [5, 5.41) is 3.64. The zero-order valence-electron chi connectivity index (χ0n) is 15.6. The number of hydrogen-bond donors (Lipinski definition) is 1. The fraction of sp³-hybridized carbons (Fsp3) is 0.611. The lowest BCUT2D eigenvalue weighted by Gasteiger charge is -2.30. The topological polar surface area (TPSA) is 41.6 Å². The summed E-state index contributed by atoms with van der Waals surface area (Å²) in [6, 6.07) is 2.46. The van der Waals surface area contributed by atoms with Crippen LogP contribution >= 0.6 is 23.2 Å². The zero-order chi connectivity index (χ0) is 19.4. The predicted octanol–water partition coefficient (Wildman–Crippen LogP) is 5.43. The number of halogens is 3. The lowest BCUT2D eigenvalue weighted by atomic mass is 10.1. The summed E-state index contributed by atoms with van der Waals surface area (Å²) in [6.45, 7) is 12.1. The Morgan fingerprint density at radius 1 is 1.28 bits per heavy atom. The van der Waals surface area contributed by atoms with Gasteiger partial charge in [-0.05, 0) is 53.7 Å². The number of hydrogen-bond acceptors (Lipinski definition) is 3. The molecule has 0 saturated heterocycles. The minimum atomic E-state index is -0.548. The second kappa shape index (κ2) is 9.06. The summed E-state index contributed by atoms with van der Waals surface area (Å²) in [7, 11) is 0. The van der Waals surface area contributed by atoms with E-state index in [2.05, 4.69) is 5.32 Å². The van der Waals surface area contributed by atoms with Crippen molar-refractivity contribution in [2.24, 2.45) is 0 Å². The third-order valence-corrected chi connectivity index (χ3v) is 4.28. The minimum absolute atomic E-state index is 0.00620. The van der Waals surface area contributed by atoms with E-state index in [0.717, 1.165) is 0 Å². The van der Waals surface area contributed by atoms with Crippen molar-refractivity contribution in [2.75, 3.05) is 13.1 Å². The monoisotopic (exact) mass is 392 g/mol. The molecule has 0 saturated carbocycles. The SMILES string of the molecule is CC(NCCN(C(=O)OC(C)(C)C)C(C)C)c1c(Cl)ccc(F)c1Cl. The Morgan fingerprint density at radius 2 is 1.88 bits per heavy atom. The van der Waals surface area contributed by atoms with Gasteiger partial charge in [-0.2, -0.15) is 0 Å². The second-order valence-corrected chi connectivity index (χ2v) is 7.99. The quantitative estimate of drug-likeness (QED) is 0.656. The first-order valence-electron chi connectivity index (χ1n) is 8.30. The Balaban J connectivity index is 2.71. The summed E-state index contributed by atoms with van der Waals surface area (Å²) in [5.74, 6) is -0.507. The smallest absolute Gasteiger partial charge is 0.410 e. The van der Waals surface area contributed by atoms with Crippen molar-refractivity contribution in [3.05, 3.63) is 33.6 Å². The van der Waals surface area contributed by atoms with Crippen LogP contribution < -0.4 is 5.32 Å². The van der Waals surface area contributed by atoms with E-state index in [1.165, 1.54) is 12.1 Å². The molecule has 4 nitrogen and oxygen atoms in total. The van der Waals surface area contributed by atoms with E-state index in [4.69, 9.17) is 27.9 Å². The number of carbonyl (C=O) groups excluding carboxylic acids is 1. The average Bonchev–Trinajstić information content (AvgIpc) is 2.45. The van der Waals surface area contributed by atoms with Gasteiger partial charge in [0.2, 0.25) is 0 Å². The van der Waals surface area contributed by atoms with E-state index in [1.54, 1.807) is 4.90 Å². The third-order valence-electron chi connectivity index (χ3n) is 3.57. The Hall–Kier alpha value is -1.04. The molecule has 25 heavy (non-hydrogen) atoms. The molecule has 1 aromatic carbocycles. The van der Waals surface area contributed by atoms with Gasteiger partial charge in [-0.3, -0.25) is 0 Å². The van der Waals surface area contributed by atoms with E-state index >= 15 is 0 Å². The van der Waals surface area contributed by atoms with E-state index in [1.807, 2.05) is 41.5 Å². The fourth-order valence-electron chi connectivity index (χ4n) is 2.32. The number of amides is 1. The molecule has 1 aromatic rings. The van der Waals surface area contributed by atoms with Gasteiger partial charge in [0, 0.05) is 35.8 Å². The van der Waals surface area contributed by atoms with Gasteiger partial charge < -0.3 is 15.0 Å². The molecule has 1 amide bonds. The van der Waals surface area contributed by atoms with Gasteiger partial charge >= 0.3 is 6.09 Å². The summed E-state index contributed by atoms with van der Waals surface area (Å²) in [4.78, 5) is 13.9. The van der Waals surface area contributed by atoms with Crippen LogP contribution in [-0.2, 0) is 4.74 Å². The van der Waals surface area contributed by atoms with Crippen molar-refractivity contribution in [2.45, 2.75) is 59.2 Å². The molecule has 0 aromatic heterocycles. The normalized spacial score (nSPS) is 13.0. The molecular weight excluding hydrogens is 366 g/mol. The Labute approximate surface area is 159 Å². The van der Waals surface area contributed by atoms with Gasteiger partial charge in [0.15, 0.2) is 0 Å². The molecule has 0 aliphatic carbocycles. The number of rotatable bonds is 6. The van der Waals surface area contributed by atoms with Gasteiger partial charge in [0.1, 0.15) is 11.4 Å². The maximum Gasteiger partial charge on any atom is 0.410 e. The number of nitrogens with zero attached hydrogens (tertiary/aromatic N) is 1. The minimum Gasteiger partial charge on any atom is -0.444 e. The summed E-state index contributed by atoms with van der Waals surface area (Å²) < 4.78 is 19.1. The number of ether oxygens (including phenoxy) is 1. The largest absolute Gasteiger partial charge is 0.444 e. The van der Waals surface area contributed by atoms with Crippen molar-refractivity contribution in [1.29, 1.82) is 0 Å². The molecule has 1 rings (SSSR count). The van der Waals surface area contributed by atoms with E-state index in [0.29, 0.717) is 23.7 Å². The van der Waals surface area contributed by atoms with E-state index in [-0.39, 0.29) is 23.2 Å². The van der Waals surface area contributed by atoms with Crippen molar-refractivity contribution >= 4 is 29.3 Å². The maximum absolute atomic E-state index is 13.7. The highest BCUT2D eigenvalue weighted by Crippen LogP contribution is 2.32. The van der Waals surface area contributed by atoms with Crippen molar-refractivity contribution in [1.82, 2.24) is 10.2 Å². The molecule has 0 spiro atoms. The van der Waals surface area contributed by atoms with E-state index in [9.17, 15) is 9.18 Å². The Kier molecular flexibility index (Phi) is 7.97. The highest BCUT2D eigenvalue weighted by molar-refractivity contribution is 6.36. The number of benzene rings is 1. The molecule has 0 aliphatic heterocycles. The van der Waals surface area contributed by atoms with Crippen LogP contribution in [0.5, 0.6) is 0 Å². The molecule has 142 valence electrons. The first-order chi connectivity index (χ1) is 11.4. The summed E-state index contributed by atoms with van der Waals surface area (Å²) in [5.41, 5.74) is -0.0372. The second-order valence-electron chi connectivity index (χ2n) is 7.20. The van der Waals surface area contributed by atoms with Gasteiger partial charge in [-0.25, -0.2) is 9.18 Å². The molecule has 0 aliphatic rings. The fourth-order valence-corrected chi connectivity index (χ4v) is 3.02. The van der Waals surface area contributed by atoms with Crippen LogP contribution in [0.1, 0.15) is 53.1 Å².